The van der Waals surface area contributed by atoms with Gasteiger partial charge in [0, 0.05) is 0 Å². The Labute approximate surface area is 272 Å². The summed E-state index contributed by atoms with van der Waals surface area (Å²) in [5.74, 6) is -0.569. The Kier molecular flexibility index (Phi) is 33.9. The lowest BCUT2D eigenvalue weighted by molar-refractivity contribution is -0.149. The minimum Gasteiger partial charge on any atom is -0.481 e. The Bertz CT molecular complexity index is 544. The molecule has 0 aromatic heterocycles. The van der Waals surface area contributed by atoms with Gasteiger partial charge in [0.15, 0.2) is 0 Å². The molecule has 0 aliphatic carbocycles. The first kappa shape index (κ1) is 42.5. The molecule has 0 radical (unpaired) electrons. The monoisotopic (exact) mass is 607 g/mol. The Morgan fingerprint density at radius 2 is 0.512 bits per heavy atom. The lowest BCUT2D eigenvalue weighted by Gasteiger charge is -2.24. The molecule has 0 saturated carbocycles. The fraction of sp³-hybridized carbons (Fsp3) is 0.976. The van der Waals surface area contributed by atoms with Crippen molar-refractivity contribution >= 4 is 5.97 Å². The molecular formula is C41H82O2. The molecule has 0 heterocycles. The molecule has 0 aromatic rings. The minimum absolute atomic E-state index is 0.509. The van der Waals surface area contributed by atoms with Gasteiger partial charge in [-0.25, -0.2) is 0 Å². The van der Waals surface area contributed by atoms with Crippen molar-refractivity contribution in [3.8, 4) is 0 Å². The van der Waals surface area contributed by atoms with Gasteiger partial charge in [-0.3, -0.25) is 4.79 Å². The summed E-state index contributed by atoms with van der Waals surface area (Å²) in [6.45, 7) is 6.59. The van der Waals surface area contributed by atoms with Crippen LogP contribution >= 0.6 is 0 Å². The Morgan fingerprint density at radius 3 is 0.674 bits per heavy atom. The maximum Gasteiger partial charge on any atom is 0.309 e. The summed E-state index contributed by atoms with van der Waals surface area (Å²) in [6.07, 6.45) is 48.5. The summed E-state index contributed by atoms with van der Waals surface area (Å²) in [7, 11) is 0. The SMILES string of the molecule is CCCCCCCCCCCCCCCCCCCCC(C)(CCCCCCCCCCCCCCCCCC)C(=O)O. The fourth-order valence-electron chi connectivity index (χ4n) is 6.82. The predicted molar refractivity (Wildman–Crippen MR) is 193 cm³/mol. The highest BCUT2D eigenvalue weighted by Gasteiger charge is 2.31. The van der Waals surface area contributed by atoms with Crippen molar-refractivity contribution in [3.05, 3.63) is 0 Å². The quantitative estimate of drug-likeness (QED) is 0.0714. The number of hydrogen-bond donors (Lipinski definition) is 1. The second-order valence-corrected chi connectivity index (χ2v) is 14.7. The lowest BCUT2D eigenvalue weighted by atomic mass is 9.80. The largest absolute Gasteiger partial charge is 0.481 e. The molecule has 43 heavy (non-hydrogen) atoms. The fourth-order valence-corrected chi connectivity index (χ4v) is 6.82. The van der Waals surface area contributed by atoms with Gasteiger partial charge in [0.1, 0.15) is 0 Å². The molecule has 0 fully saturated rings. The zero-order valence-electron chi connectivity index (χ0n) is 30.3. The van der Waals surface area contributed by atoms with Gasteiger partial charge in [-0.2, -0.15) is 0 Å². The first-order valence-corrected chi connectivity index (χ1v) is 20.3. The topological polar surface area (TPSA) is 37.3 Å². The lowest BCUT2D eigenvalue weighted by Crippen LogP contribution is -2.27. The molecule has 0 bridgehead atoms. The molecule has 0 amide bonds. The molecule has 1 atom stereocenters. The van der Waals surface area contributed by atoms with Crippen LogP contribution in [0.1, 0.15) is 252 Å². The van der Waals surface area contributed by atoms with E-state index in [0.717, 1.165) is 25.7 Å². The smallest absolute Gasteiger partial charge is 0.309 e. The van der Waals surface area contributed by atoms with Gasteiger partial charge in [0.05, 0.1) is 5.41 Å². The van der Waals surface area contributed by atoms with Gasteiger partial charge in [-0.1, -0.05) is 232 Å². The van der Waals surface area contributed by atoms with Crippen LogP contribution in [-0.2, 0) is 4.79 Å². The van der Waals surface area contributed by atoms with Crippen LogP contribution in [0.15, 0.2) is 0 Å². The third-order valence-electron chi connectivity index (χ3n) is 10.2. The number of carbonyl (C=O) groups is 1. The Morgan fingerprint density at radius 1 is 0.349 bits per heavy atom. The number of hydrogen-bond acceptors (Lipinski definition) is 1. The summed E-state index contributed by atoms with van der Waals surface area (Å²) in [6, 6.07) is 0. The van der Waals surface area contributed by atoms with Crippen molar-refractivity contribution in [2.75, 3.05) is 0 Å². The van der Waals surface area contributed by atoms with Crippen LogP contribution in [0.25, 0.3) is 0 Å². The summed E-state index contributed by atoms with van der Waals surface area (Å²) in [5.41, 5.74) is -0.509. The zero-order chi connectivity index (χ0) is 31.5. The van der Waals surface area contributed by atoms with Crippen LogP contribution in [-0.4, -0.2) is 11.1 Å². The van der Waals surface area contributed by atoms with E-state index in [0.29, 0.717) is 0 Å². The van der Waals surface area contributed by atoms with Gasteiger partial charge < -0.3 is 5.11 Å². The third-order valence-corrected chi connectivity index (χ3v) is 10.2. The van der Waals surface area contributed by atoms with E-state index in [1.165, 1.54) is 205 Å². The third kappa shape index (κ3) is 31.2. The number of rotatable bonds is 37. The van der Waals surface area contributed by atoms with Gasteiger partial charge in [-0.15, -0.1) is 0 Å². The Balaban J connectivity index is 3.49. The van der Waals surface area contributed by atoms with E-state index in [-0.39, 0.29) is 0 Å². The first-order chi connectivity index (χ1) is 21.1. The van der Waals surface area contributed by atoms with Crippen LogP contribution in [0.2, 0.25) is 0 Å². The van der Waals surface area contributed by atoms with Crippen molar-refractivity contribution in [2.45, 2.75) is 252 Å². The molecule has 258 valence electrons. The van der Waals surface area contributed by atoms with Gasteiger partial charge >= 0.3 is 5.97 Å². The van der Waals surface area contributed by atoms with Crippen LogP contribution in [0.3, 0.4) is 0 Å². The van der Waals surface area contributed by atoms with E-state index in [2.05, 4.69) is 13.8 Å². The molecule has 2 nitrogen and oxygen atoms in total. The molecule has 0 aliphatic heterocycles. The van der Waals surface area contributed by atoms with Gasteiger partial charge in [0.2, 0.25) is 0 Å². The average molecular weight is 607 g/mol. The molecule has 2 heteroatoms. The van der Waals surface area contributed by atoms with Crippen LogP contribution < -0.4 is 0 Å². The summed E-state index contributed by atoms with van der Waals surface area (Å²) in [4.78, 5) is 12.0. The van der Waals surface area contributed by atoms with E-state index in [1.807, 2.05) is 6.92 Å². The van der Waals surface area contributed by atoms with E-state index in [1.54, 1.807) is 0 Å². The molecule has 0 aromatic carbocycles. The minimum atomic E-state index is -0.569. The van der Waals surface area contributed by atoms with Crippen molar-refractivity contribution in [1.82, 2.24) is 0 Å². The molecule has 0 saturated heterocycles. The second-order valence-electron chi connectivity index (χ2n) is 14.7. The highest BCUT2D eigenvalue weighted by Crippen LogP contribution is 2.32. The van der Waals surface area contributed by atoms with Crippen molar-refractivity contribution in [1.29, 1.82) is 0 Å². The van der Waals surface area contributed by atoms with Crippen molar-refractivity contribution in [2.24, 2.45) is 5.41 Å². The summed E-state index contributed by atoms with van der Waals surface area (Å²) < 4.78 is 0. The van der Waals surface area contributed by atoms with E-state index in [9.17, 15) is 9.90 Å². The number of carboxylic acid groups (broad SMARTS) is 1. The molecule has 1 unspecified atom stereocenters. The standard InChI is InChI=1S/C41H82O2/c1-4-6-8-10-12-14-16-18-20-22-23-25-27-29-31-33-35-37-39-41(3,40(42)43)38-36-34-32-30-28-26-24-21-19-17-15-13-11-9-7-5-2/h4-39H2,1-3H3,(H,42,43). The predicted octanol–water partition coefficient (Wildman–Crippen LogP) is 15.2. The number of aliphatic carboxylic acids is 1. The molecule has 0 spiro atoms. The molecule has 0 aliphatic rings. The maximum absolute atomic E-state index is 12.0. The Hall–Kier alpha value is -0.530. The van der Waals surface area contributed by atoms with E-state index >= 15 is 0 Å². The average Bonchev–Trinajstić information content (AvgIpc) is 3.00. The van der Waals surface area contributed by atoms with Gasteiger partial charge in [-0.05, 0) is 19.8 Å². The van der Waals surface area contributed by atoms with Crippen LogP contribution in [0, 0.1) is 5.41 Å². The van der Waals surface area contributed by atoms with Crippen molar-refractivity contribution in [3.63, 3.8) is 0 Å². The number of carboxylic acids is 1. The highest BCUT2D eigenvalue weighted by atomic mass is 16.4. The summed E-state index contributed by atoms with van der Waals surface area (Å²) in [5, 5.41) is 9.90. The molecular weight excluding hydrogens is 524 g/mol. The highest BCUT2D eigenvalue weighted by molar-refractivity contribution is 5.74. The molecule has 1 N–H and O–H groups in total. The zero-order valence-corrected chi connectivity index (χ0v) is 30.3. The van der Waals surface area contributed by atoms with Gasteiger partial charge in [0.25, 0.3) is 0 Å². The maximum atomic E-state index is 12.0. The van der Waals surface area contributed by atoms with E-state index < -0.39 is 11.4 Å². The second kappa shape index (κ2) is 34.3. The molecule has 0 rings (SSSR count). The number of unbranched alkanes of at least 4 members (excludes halogenated alkanes) is 32. The normalized spacial score (nSPS) is 13.0. The van der Waals surface area contributed by atoms with Crippen LogP contribution in [0.4, 0.5) is 0 Å². The van der Waals surface area contributed by atoms with Crippen LogP contribution in [0.5, 0.6) is 0 Å². The van der Waals surface area contributed by atoms with E-state index in [4.69, 9.17) is 0 Å². The van der Waals surface area contributed by atoms with Crippen molar-refractivity contribution < 1.29 is 9.90 Å². The first-order valence-electron chi connectivity index (χ1n) is 20.3. The summed E-state index contributed by atoms with van der Waals surface area (Å²) >= 11 is 0.